The smallest absolute Gasteiger partial charge is 0.306 e. The van der Waals surface area contributed by atoms with Crippen LogP contribution in [0.25, 0.3) is 0 Å². The van der Waals surface area contributed by atoms with Gasteiger partial charge in [-0.1, -0.05) is 210 Å². The number of unbranched alkanes of at least 4 members (excludes halogenated alkanes) is 25. The Kier molecular flexibility index (Phi) is 43.7. The number of hydrogen-bond acceptors (Lipinski definition) is 8. The molecule has 0 bridgehead atoms. The third-order valence-corrected chi connectivity index (χ3v) is 12.0. The Morgan fingerprint density at radius 1 is 0.492 bits per heavy atom. The summed E-state index contributed by atoms with van der Waals surface area (Å²) in [6.45, 7) is 4.15. The summed E-state index contributed by atoms with van der Waals surface area (Å²) in [6, 6.07) is 0. The van der Waals surface area contributed by atoms with Gasteiger partial charge in [-0.3, -0.25) is 14.2 Å². The van der Waals surface area contributed by atoms with Gasteiger partial charge in [-0.25, -0.2) is 0 Å². The molecule has 0 aliphatic heterocycles. The van der Waals surface area contributed by atoms with E-state index in [1.165, 1.54) is 128 Å². The van der Waals surface area contributed by atoms with Gasteiger partial charge in [-0.2, -0.15) is 0 Å². The quantitative estimate of drug-likeness (QED) is 0.0195. The van der Waals surface area contributed by atoms with Gasteiger partial charge in [0.25, 0.3) is 7.82 Å². The first-order valence-corrected chi connectivity index (χ1v) is 27.3. The molecule has 0 saturated heterocycles. The van der Waals surface area contributed by atoms with E-state index in [0.717, 1.165) is 64.2 Å². The molecule has 10 heteroatoms. The zero-order valence-electron chi connectivity index (χ0n) is 41.5. The number of rotatable bonds is 47. The van der Waals surface area contributed by atoms with Gasteiger partial charge in [0.1, 0.15) is 19.8 Å². The lowest BCUT2D eigenvalue weighted by atomic mass is 10.0. The number of allylic oxidation sites excluding steroid dienone is 8. The molecular weight excluding hydrogens is 810 g/mol. The number of phosphoric acid groups is 1. The van der Waals surface area contributed by atoms with Crippen molar-refractivity contribution in [2.45, 2.75) is 232 Å². The number of hydrogen-bond donors (Lipinski definition) is 0. The third-order valence-electron chi connectivity index (χ3n) is 11.1. The van der Waals surface area contributed by atoms with Crippen molar-refractivity contribution in [1.29, 1.82) is 0 Å². The van der Waals surface area contributed by atoms with E-state index in [9.17, 15) is 19.0 Å². The Balaban J connectivity index is 4.25. The first-order chi connectivity index (χ1) is 30.5. The van der Waals surface area contributed by atoms with Crippen LogP contribution in [0.1, 0.15) is 226 Å². The molecule has 0 fully saturated rings. The minimum atomic E-state index is -4.64. The van der Waals surface area contributed by atoms with Crippen LogP contribution in [0.15, 0.2) is 48.6 Å². The van der Waals surface area contributed by atoms with Crippen LogP contribution in [0.3, 0.4) is 0 Å². The highest BCUT2D eigenvalue weighted by molar-refractivity contribution is 7.45. The molecule has 63 heavy (non-hydrogen) atoms. The van der Waals surface area contributed by atoms with E-state index >= 15 is 0 Å². The topological polar surface area (TPSA) is 111 Å². The van der Waals surface area contributed by atoms with Gasteiger partial charge in [0, 0.05) is 12.8 Å². The monoisotopic (exact) mass is 908 g/mol. The van der Waals surface area contributed by atoms with Gasteiger partial charge in [0.15, 0.2) is 6.10 Å². The average molecular weight is 908 g/mol. The molecule has 0 aliphatic rings. The van der Waals surface area contributed by atoms with Crippen molar-refractivity contribution < 1.29 is 42.1 Å². The van der Waals surface area contributed by atoms with E-state index in [1.807, 2.05) is 21.1 Å². The van der Waals surface area contributed by atoms with Crippen molar-refractivity contribution in [2.75, 3.05) is 47.5 Å². The molecule has 368 valence electrons. The summed E-state index contributed by atoms with van der Waals surface area (Å²) in [5.74, 6) is -0.863. The zero-order chi connectivity index (χ0) is 46.4. The number of carbonyl (C=O) groups is 2. The number of esters is 2. The molecule has 0 aromatic rings. The van der Waals surface area contributed by atoms with Crippen LogP contribution >= 0.6 is 7.82 Å². The first-order valence-electron chi connectivity index (χ1n) is 25.8. The molecule has 0 heterocycles. The van der Waals surface area contributed by atoms with Gasteiger partial charge >= 0.3 is 11.9 Å². The molecular formula is C53H98NO8P. The second-order valence-corrected chi connectivity index (χ2v) is 20.0. The van der Waals surface area contributed by atoms with Gasteiger partial charge in [0.2, 0.25) is 0 Å². The maximum atomic E-state index is 12.7. The number of likely N-dealkylation sites (N-methyl/N-ethyl adjacent to an activating group) is 1. The molecule has 0 saturated carbocycles. The Hall–Kier alpha value is -2.03. The number of nitrogens with zero attached hydrogens (tertiary/aromatic N) is 1. The van der Waals surface area contributed by atoms with Gasteiger partial charge in [0.05, 0.1) is 27.7 Å². The Labute approximate surface area is 388 Å². The molecule has 0 aromatic heterocycles. The molecule has 0 spiro atoms. The van der Waals surface area contributed by atoms with Crippen LogP contribution < -0.4 is 4.89 Å². The minimum Gasteiger partial charge on any atom is -0.756 e. The van der Waals surface area contributed by atoms with Gasteiger partial charge < -0.3 is 27.9 Å². The first kappa shape index (κ1) is 61.0. The van der Waals surface area contributed by atoms with E-state index in [-0.39, 0.29) is 32.0 Å². The average Bonchev–Trinajstić information content (AvgIpc) is 3.24. The highest BCUT2D eigenvalue weighted by Crippen LogP contribution is 2.38. The van der Waals surface area contributed by atoms with E-state index in [1.54, 1.807) is 0 Å². The number of carbonyl (C=O) groups excluding carboxylic acids is 2. The van der Waals surface area contributed by atoms with Crippen molar-refractivity contribution in [2.24, 2.45) is 0 Å². The molecule has 2 atom stereocenters. The van der Waals surface area contributed by atoms with Crippen LogP contribution in [-0.4, -0.2) is 70.0 Å². The Bertz CT molecular complexity index is 1210. The summed E-state index contributed by atoms with van der Waals surface area (Å²) >= 11 is 0. The predicted molar refractivity (Wildman–Crippen MR) is 264 cm³/mol. The third kappa shape index (κ3) is 49.2. The predicted octanol–water partition coefficient (Wildman–Crippen LogP) is 14.8. The summed E-state index contributed by atoms with van der Waals surface area (Å²) in [5.41, 5.74) is 0. The van der Waals surface area contributed by atoms with Crippen molar-refractivity contribution >= 4 is 19.8 Å². The van der Waals surface area contributed by atoms with E-state index in [0.29, 0.717) is 17.4 Å². The van der Waals surface area contributed by atoms with E-state index < -0.39 is 26.5 Å². The van der Waals surface area contributed by atoms with E-state index in [4.69, 9.17) is 18.5 Å². The lowest BCUT2D eigenvalue weighted by Gasteiger charge is -2.28. The lowest BCUT2D eigenvalue weighted by molar-refractivity contribution is -0.870. The summed E-state index contributed by atoms with van der Waals surface area (Å²) in [7, 11) is 1.15. The summed E-state index contributed by atoms with van der Waals surface area (Å²) < 4.78 is 34.0. The lowest BCUT2D eigenvalue weighted by Crippen LogP contribution is -2.37. The highest BCUT2D eigenvalue weighted by atomic mass is 31.2. The largest absolute Gasteiger partial charge is 0.756 e. The Morgan fingerprint density at radius 3 is 1.33 bits per heavy atom. The van der Waals surface area contributed by atoms with Gasteiger partial charge in [-0.05, 0) is 51.4 Å². The summed E-state index contributed by atoms with van der Waals surface area (Å²) in [5, 5.41) is 0. The number of quaternary nitrogens is 1. The van der Waals surface area contributed by atoms with Crippen molar-refractivity contribution in [1.82, 2.24) is 0 Å². The number of ether oxygens (including phenoxy) is 2. The van der Waals surface area contributed by atoms with Crippen LogP contribution in [0.2, 0.25) is 0 Å². The van der Waals surface area contributed by atoms with Gasteiger partial charge in [-0.15, -0.1) is 0 Å². The molecule has 0 amide bonds. The highest BCUT2D eigenvalue weighted by Gasteiger charge is 2.21. The normalized spacial score (nSPS) is 13.8. The van der Waals surface area contributed by atoms with Crippen molar-refractivity contribution in [3.63, 3.8) is 0 Å². The second kappa shape index (κ2) is 45.1. The van der Waals surface area contributed by atoms with Crippen LogP contribution in [-0.2, 0) is 32.7 Å². The van der Waals surface area contributed by atoms with E-state index in [2.05, 4.69) is 62.5 Å². The fourth-order valence-electron chi connectivity index (χ4n) is 7.06. The molecule has 1 unspecified atom stereocenters. The van der Waals surface area contributed by atoms with Crippen LogP contribution in [0.5, 0.6) is 0 Å². The molecule has 0 radical (unpaired) electrons. The Morgan fingerprint density at radius 2 is 0.889 bits per heavy atom. The minimum absolute atomic E-state index is 0.0375. The summed E-state index contributed by atoms with van der Waals surface area (Å²) in [4.78, 5) is 37.7. The van der Waals surface area contributed by atoms with Crippen LogP contribution in [0.4, 0.5) is 0 Å². The maximum Gasteiger partial charge on any atom is 0.306 e. The van der Waals surface area contributed by atoms with Crippen molar-refractivity contribution in [3.05, 3.63) is 48.6 Å². The maximum absolute atomic E-state index is 12.7. The standard InChI is InChI=1S/C53H98NO8P/c1-6-8-10-12-14-16-18-20-22-24-25-26-27-28-30-31-33-35-37-39-41-43-45-52(55)59-49-51(50-61-63(57,58)60-48-47-54(3,4)5)62-53(56)46-44-42-40-38-36-34-32-29-23-21-19-17-15-13-11-9-7-2/h11,13,17,19,23,29,34,36,51H,6-10,12,14-16,18,20-22,24-28,30-33,35,37-50H2,1-5H3/b13-11+,19-17+,29-23+,36-34+/t51-/m1/s1. The van der Waals surface area contributed by atoms with Crippen LogP contribution in [0, 0.1) is 0 Å². The number of phosphoric ester groups is 1. The molecule has 9 nitrogen and oxygen atoms in total. The molecule has 0 aliphatic carbocycles. The zero-order valence-corrected chi connectivity index (χ0v) is 42.4. The molecule has 0 N–H and O–H groups in total. The SMILES string of the molecule is CCC/C=C/C/C=C/C/C=C/C/C=C/CCCCCC(=O)O[C@H](COC(=O)CCCCCCCCCCCCCCCCCCCCCCCC)COP(=O)([O-])OCC[N+](C)(C)C. The second-order valence-electron chi connectivity index (χ2n) is 18.5. The molecule has 0 rings (SSSR count). The molecule has 0 aromatic carbocycles. The fourth-order valence-corrected chi connectivity index (χ4v) is 7.79. The summed E-state index contributed by atoms with van der Waals surface area (Å²) in [6.07, 6.45) is 54.3. The van der Waals surface area contributed by atoms with Crippen molar-refractivity contribution in [3.8, 4) is 0 Å². The fraction of sp³-hybridized carbons (Fsp3) is 0.811.